The van der Waals surface area contributed by atoms with Gasteiger partial charge >= 0.3 is 0 Å². The maximum absolute atomic E-state index is 10.8. The average molecular weight is 309 g/mol. The summed E-state index contributed by atoms with van der Waals surface area (Å²) in [7, 11) is 0. The molecule has 0 spiro atoms. The fourth-order valence-corrected chi connectivity index (χ4v) is 2.56. The Morgan fingerprint density at radius 1 is 1.30 bits per heavy atom. The fraction of sp³-hybridized carbons (Fsp3) is 0.143. The topological polar surface area (TPSA) is 55.2 Å². The molecule has 1 N–H and O–H groups in total. The Kier molecular flexibility index (Phi) is 4.87. The number of nitrogens with one attached hydrogen (secondary N) is 1. The summed E-state index contributed by atoms with van der Waals surface area (Å²) in [6.45, 7) is 0.510. The molecule has 6 heteroatoms. The molecule has 0 radical (unpaired) electrons. The number of halogens is 1. The van der Waals surface area contributed by atoms with Crippen molar-refractivity contribution in [3.8, 4) is 0 Å². The molecule has 0 fully saturated rings. The van der Waals surface area contributed by atoms with E-state index >= 15 is 0 Å². The van der Waals surface area contributed by atoms with Crippen LogP contribution in [0.15, 0.2) is 47.4 Å². The zero-order valence-corrected chi connectivity index (χ0v) is 12.4. The van der Waals surface area contributed by atoms with Crippen molar-refractivity contribution in [2.75, 3.05) is 11.6 Å². The summed E-state index contributed by atoms with van der Waals surface area (Å²) >= 11 is 7.44. The summed E-state index contributed by atoms with van der Waals surface area (Å²) in [5, 5.41) is 14.3. The standard InChI is InChI=1S/C14H13ClN2O2S/c1-20-14-5-3-2-4-12(14)16-9-10-6-7-11(15)13(8-10)17(18)19/h2-8,16H,9H2,1H3. The molecule has 2 aromatic rings. The Morgan fingerprint density at radius 2 is 2.05 bits per heavy atom. The molecule has 0 saturated carbocycles. The molecule has 4 nitrogen and oxygen atoms in total. The van der Waals surface area contributed by atoms with Gasteiger partial charge in [-0.1, -0.05) is 29.8 Å². The Bertz CT molecular complexity index is 634. The van der Waals surface area contributed by atoms with Gasteiger partial charge in [0.05, 0.1) is 4.92 Å². The highest BCUT2D eigenvalue weighted by atomic mass is 35.5. The molecule has 0 atom stereocenters. The number of anilines is 1. The van der Waals surface area contributed by atoms with Gasteiger partial charge in [-0.25, -0.2) is 0 Å². The molecular weight excluding hydrogens is 296 g/mol. The van der Waals surface area contributed by atoms with Crippen LogP contribution < -0.4 is 5.32 Å². The van der Waals surface area contributed by atoms with Crippen molar-refractivity contribution in [1.82, 2.24) is 0 Å². The van der Waals surface area contributed by atoms with E-state index < -0.39 is 4.92 Å². The Hall–Kier alpha value is -1.72. The second kappa shape index (κ2) is 6.63. The van der Waals surface area contributed by atoms with Gasteiger partial charge in [0.25, 0.3) is 5.69 Å². The highest BCUT2D eigenvalue weighted by molar-refractivity contribution is 7.98. The summed E-state index contributed by atoms with van der Waals surface area (Å²) in [5.74, 6) is 0. The van der Waals surface area contributed by atoms with Gasteiger partial charge in [-0.3, -0.25) is 10.1 Å². The zero-order valence-electron chi connectivity index (χ0n) is 10.8. The normalized spacial score (nSPS) is 10.3. The zero-order chi connectivity index (χ0) is 14.5. The number of nitro benzene ring substituents is 1. The molecule has 0 aliphatic rings. The number of thioether (sulfide) groups is 1. The van der Waals surface area contributed by atoms with Crippen LogP contribution in [0.25, 0.3) is 0 Å². The van der Waals surface area contributed by atoms with E-state index in [1.54, 1.807) is 23.9 Å². The van der Waals surface area contributed by atoms with E-state index in [1.807, 2.05) is 30.5 Å². The monoisotopic (exact) mass is 308 g/mol. The number of rotatable bonds is 5. The van der Waals surface area contributed by atoms with Gasteiger partial charge < -0.3 is 5.32 Å². The van der Waals surface area contributed by atoms with E-state index in [-0.39, 0.29) is 10.7 Å². The first-order valence-corrected chi connectivity index (χ1v) is 7.52. The SMILES string of the molecule is CSc1ccccc1NCc1ccc(Cl)c([N+](=O)[O-])c1. The van der Waals surface area contributed by atoms with Crippen LogP contribution in [-0.4, -0.2) is 11.2 Å². The molecule has 0 heterocycles. The molecule has 0 unspecified atom stereocenters. The second-order valence-corrected chi connectivity index (χ2v) is 5.35. The van der Waals surface area contributed by atoms with Crippen LogP contribution >= 0.6 is 23.4 Å². The van der Waals surface area contributed by atoms with Crippen LogP contribution in [0, 0.1) is 10.1 Å². The minimum atomic E-state index is -0.471. The summed E-state index contributed by atoms with van der Waals surface area (Å²) < 4.78 is 0. The molecule has 0 aliphatic carbocycles. The third-order valence-electron chi connectivity index (χ3n) is 2.80. The van der Waals surface area contributed by atoms with Gasteiger partial charge in [-0.2, -0.15) is 0 Å². The van der Waals surface area contributed by atoms with Gasteiger partial charge in [-0.05, 0) is 30.0 Å². The lowest BCUT2D eigenvalue weighted by molar-refractivity contribution is -0.384. The van der Waals surface area contributed by atoms with Gasteiger partial charge in [0.2, 0.25) is 0 Å². The molecule has 0 aliphatic heterocycles. The lowest BCUT2D eigenvalue weighted by atomic mass is 10.2. The summed E-state index contributed by atoms with van der Waals surface area (Å²) in [6, 6.07) is 12.8. The van der Waals surface area contributed by atoms with Gasteiger partial charge in [-0.15, -0.1) is 11.8 Å². The van der Waals surface area contributed by atoms with E-state index in [4.69, 9.17) is 11.6 Å². The minimum Gasteiger partial charge on any atom is -0.380 e. The van der Waals surface area contributed by atoms with Crippen molar-refractivity contribution >= 4 is 34.7 Å². The lowest BCUT2D eigenvalue weighted by Gasteiger charge is -2.10. The Balaban J connectivity index is 2.15. The van der Waals surface area contributed by atoms with Crippen molar-refractivity contribution < 1.29 is 4.92 Å². The maximum atomic E-state index is 10.8. The number of hydrogen-bond acceptors (Lipinski definition) is 4. The van der Waals surface area contributed by atoms with Crippen molar-refractivity contribution in [2.24, 2.45) is 0 Å². The fourth-order valence-electron chi connectivity index (χ4n) is 1.80. The molecule has 0 aromatic heterocycles. The number of benzene rings is 2. The minimum absolute atomic E-state index is 0.0656. The highest BCUT2D eigenvalue weighted by Gasteiger charge is 2.12. The molecular formula is C14H13ClN2O2S. The molecule has 0 amide bonds. The smallest absolute Gasteiger partial charge is 0.288 e. The average Bonchev–Trinajstić information content (AvgIpc) is 2.46. The largest absolute Gasteiger partial charge is 0.380 e. The van der Waals surface area contributed by atoms with Crippen molar-refractivity contribution in [3.63, 3.8) is 0 Å². The molecule has 0 saturated heterocycles. The predicted molar refractivity (Wildman–Crippen MR) is 83.7 cm³/mol. The van der Waals surface area contributed by atoms with Crippen molar-refractivity contribution in [1.29, 1.82) is 0 Å². The Morgan fingerprint density at radius 3 is 2.75 bits per heavy atom. The van der Waals surface area contributed by atoms with E-state index in [0.717, 1.165) is 16.1 Å². The molecule has 2 aromatic carbocycles. The van der Waals surface area contributed by atoms with Gasteiger partial charge in [0.1, 0.15) is 5.02 Å². The van der Waals surface area contributed by atoms with E-state index in [0.29, 0.717) is 6.54 Å². The highest BCUT2D eigenvalue weighted by Crippen LogP contribution is 2.27. The van der Waals surface area contributed by atoms with E-state index in [1.165, 1.54) is 6.07 Å². The van der Waals surface area contributed by atoms with Crippen LogP contribution in [0.1, 0.15) is 5.56 Å². The number of hydrogen-bond donors (Lipinski definition) is 1. The quantitative estimate of drug-likeness (QED) is 0.499. The first-order valence-electron chi connectivity index (χ1n) is 5.91. The number of nitro groups is 1. The second-order valence-electron chi connectivity index (χ2n) is 4.10. The van der Waals surface area contributed by atoms with Crippen LogP contribution in [0.2, 0.25) is 5.02 Å². The third-order valence-corrected chi connectivity index (χ3v) is 3.91. The maximum Gasteiger partial charge on any atom is 0.288 e. The predicted octanol–water partition coefficient (Wildman–Crippen LogP) is 4.58. The van der Waals surface area contributed by atoms with Crippen LogP contribution in [0.4, 0.5) is 11.4 Å². The van der Waals surface area contributed by atoms with Crippen LogP contribution in [-0.2, 0) is 6.54 Å². The van der Waals surface area contributed by atoms with E-state index in [9.17, 15) is 10.1 Å². The number of nitrogens with zero attached hydrogens (tertiary/aromatic N) is 1. The molecule has 104 valence electrons. The molecule has 20 heavy (non-hydrogen) atoms. The first-order chi connectivity index (χ1) is 9.61. The molecule has 2 rings (SSSR count). The van der Waals surface area contributed by atoms with Crippen molar-refractivity contribution in [2.45, 2.75) is 11.4 Å². The lowest BCUT2D eigenvalue weighted by Crippen LogP contribution is -2.01. The van der Waals surface area contributed by atoms with Crippen LogP contribution in [0.3, 0.4) is 0 Å². The van der Waals surface area contributed by atoms with Crippen LogP contribution in [0.5, 0.6) is 0 Å². The van der Waals surface area contributed by atoms with E-state index in [2.05, 4.69) is 5.32 Å². The van der Waals surface area contributed by atoms with Gasteiger partial charge in [0.15, 0.2) is 0 Å². The summed E-state index contributed by atoms with van der Waals surface area (Å²) in [4.78, 5) is 11.5. The summed E-state index contributed by atoms with van der Waals surface area (Å²) in [6.07, 6.45) is 2.01. The number of para-hydroxylation sites is 1. The summed E-state index contributed by atoms with van der Waals surface area (Å²) in [5.41, 5.74) is 1.76. The first kappa shape index (κ1) is 14.7. The third kappa shape index (κ3) is 3.43. The van der Waals surface area contributed by atoms with Gasteiger partial charge in [0, 0.05) is 23.2 Å². The van der Waals surface area contributed by atoms with Crippen molar-refractivity contribution in [3.05, 3.63) is 63.2 Å². The Labute approximate surface area is 126 Å². The molecule has 0 bridgehead atoms.